The van der Waals surface area contributed by atoms with E-state index in [2.05, 4.69) is 25.8 Å². The first-order chi connectivity index (χ1) is 20.0. The first kappa shape index (κ1) is 28.6. The normalized spacial score (nSPS) is 22.0. The summed E-state index contributed by atoms with van der Waals surface area (Å²) in [5.74, 6) is -1.64. The van der Waals surface area contributed by atoms with E-state index in [0.29, 0.717) is 29.9 Å². The largest absolute Gasteiger partial charge is 0.477 e. The molecule has 12 nitrogen and oxygen atoms in total. The van der Waals surface area contributed by atoms with Gasteiger partial charge in [-0.3, -0.25) is 24.3 Å². The smallest absolute Gasteiger partial charge is 0.352 e. The van der Waals surface area contributed by atoms with E-state index < -0.39 is 29.2 Å². The van der Waals surface area contributed by atoms with Gasteiger partial charge in [-0.15, -0.1) is 34.9 Å². The van der Waals surface area contributed by atoms with Gasteiger partial charge in [0.15, 0.2) is 10.8 Å². The molecule has 3 N–H and O–H groups in total. The number of thiazole rings is 1. The Morgan fingerprint density at radius 3 is 2.98 bits per heavy atom. The quantitative estimate of drug-likeness (QED) is 0.107. The molecule has 5 rings (SSSR count). The third-order valence-electron chi connectivity index (χ3n) is 6.23. The molecular weight excluding hydrogens is 589 g/mol. The number of carboxylic acid groups (broad SMARTS) is 1. The number of rotatable bonds is 12. The molecule has 0 spiro atoms. The van der Waals surface area contributed by atoms with Gasteiger partial charge in [0, 0.05) is 29.3 Å². The maximum atomic E-state index is 13.3. The van der Waals surface area contributed by atoms with Gasteiger partial charge in [-0.25, -0.2) is 9.78 Å². The van der Waals surface area contributed by atoms with Crippen molar-refractivity contribution in [2.24, 2.45) is 5.16 Å². The van der Waals surface area contributed by atoms with Crippen LogP contribution in [0.15, 0.2) is 63.9 Å². The van der Waals surface area contributed by atoms with Gasteiger partial charge in [-0.2, -0.15) is 0 Å². The molecule has 212 valence electrons. The number of nitrogens with zero attached hydrogens (tertiary/aromatic N) is 4. The van der Waals surface area contributed by atoms with Crippen molar-refractivity contribution in [2.45, 2.75) is 30.4 Å². The number of amides is 3. The van der Waals surface area contributed by atoms with Gasteiger partial charge in [0.05, 0.1) is 0 Å². The van der Waals surface area contributed by atoms with E-state index in [4.69, 9.17) is 4.84 Å². The lowest BCUT2D eigenvalue weighted by atomic mass is 10.0. The van der Waals surface area contributed by atoms with Gasteiger partial charge in [0.1, 0.15) is 28.9 Å². The fraction of sp³-hybridized carbons (Fsp3) is 0.269. The van der Waals surface area contributed by atoms with Crippen molar-refractivity contribution in [3.63, 3.8) is 0 Å². The number of oxime groups is 1. The molecule has 2 aromatic rings. The molecule has 3 atom stereocenters. The first-order valence-electron chi connectivity index (χ1n) is 12.4. The van der Waals surface area contributed by atoms with Crippen LogP contribution < -0.4 is 10.6 Å². The summed E-state index contributed by atoms with van der Waals surface area (Å²) in [7, 11) is 0. The highest BCUT2D eigenvalue weighted by atomic mass is 32.2. The van der Waals surface area contributed by atoms with Crippen LogP contribution in [0.1, 0.15) is 24.1 Å². The van der Waals surface area contributed by atoms with E-state index in [1.54, 1.807) is 17.8 Å². The number of hydrogen-bond donors (Lipinski definition) is 3. The van der Waals surface area contributed by atoms with E-state index >= 15 is 0 Å². The molecule has 1 fully saturated rings. The number of aromatic nitrogens is 2. The molecule has 15 heteroatoms. The highest BCUT2D eigenvalue weighted by Crippen LogP contribution is 2.41. The number of aliphatic carboxylic acids is 1. The third kappa shape index (κ3) is 6.52. The zero-order valence-corrected chi connectivity index (χ0v) is 23.8. The minimum Gasteiger partial charge on any atom is -0.477 e. The Hall–Kier alpha value is -3.95. The molecule has 3 aliphatic rings. The van der Waals surface area contributed by atoms with Crippen LogP contribution in [-0.4, -0.2) is 78.9 Å². The summed E-state index contributed by atoms with van der Waals surface area (Å²) in [5.41, 5.74) is 1.50. The molecule has 0 radical (unpaired) electrons. The monoisotopic (exact) mass is 612 g/mol. The lowest BCUT2D eigenvalue weighted by Gasteiger charge is -2.49. The molecule has 0 aromatic carbocycles. The topological polar surface area (TPSA) is 163 Å². The number of allylic oxidation sites excluding steroid dienone is 1. The number of anilines is 1. The highest BCUT2D eigenvalue weighted by Gasteiger charge is 2.54. The summed E-state index contributed by atoms with van der Waals surface area (Å²) in [6, 6.07) is 2.78. The van der Waals surface area contributed by atoms with Crippen LogP contribution in [-0.2, 0) is 24.0 Å². The lowest BCUT2D eigenvalue weighted by molar-refractivity contribution is -0.150. The van der Waals surface area contributed by atoms with Crippen molar-refractivity contribution < 1.29 is 29.1 Å². The standard InChI is InChI=1S/C26H24N6O6S3/c33-14-28-26-29-18(13-41-26)19(31-38-17-5-1-2-6-17)22(34)30-20-23(35)32-21(25(36)37)16(12-40-24(20)32)11-39-9-7-15-4-3-8-27-10-15/h1,3-5,7-10,13-14,17,20,24H,2,6,11-12H2,(H,30,34)(H,36,37)(H,28,29,33)/b9-7-,31-19-/t17?,20?,24-/m1/s1. The second kappa shape index (κ2) is 13.1. The molecular formula is C26H24N6O6S3. The van der Waals surface area contributed by atoms with Crippen LogP contribution in [0.3, 0.4) is 0 Å². The molecule has 3 amide bonds. The molecule has 0 saturated carbocycles. The van der Waals surface area contributed by atoms with Gasteiger partial charge in [-0.1, -0.05) is 17.3 Å². The van der Waals surface area contributed by atoms with E-state index in [1.807, 2.05) is 35.8 Å². The zero-order valence-electron chi connectivity index (χ0n) is 21.3. The number of nitrogens with one attached hydrogen (secondary N) is 2. The molecule has 2 aromatic heterocycles. The summed E-state index contributed by atoms with van der Waals surface area (Å²) >= 11 is 3.90. The van der Waals surface area contributed by atoms with E-state index in [1.165, 1.54) is 28.4 Å². The predicted molar refractivity (Wildman–Crippen MR) is 157 cm³/mol. The molecule has 0 bridgehead atoms. The Morgan fingerprint density at radius 2 is 2.24 bits per heavy atom. The van der Waals surface area contributed by atoms with Crippen molar-refractivity contribution in [3.8, 4) is 0 Å². The average Bonchev–Trinajstić information content (AvgIpc) is 3.67. The van der Waals surface area contributed by atoms with Crippen LogP contribution in [0.5, 0.6) is 0 Å². The van der Waals surface area contributed by atoms with Gasteiger partial charge in [0.25, 0.3) is 11.8 Å². The van der Waals surface area contributed by atoms with Crippen molar-refractivity contribution in [1.29, 1.82) is 0 Å². The van der Waals surface area contributed by atoms with Crippen molar-refractivity contribution in [2.75, 3.05) is 16.8 Å². The minimum absolute atomic E-state index is 0.0548. The van der Waals surface area contributed by atoms with Crippen molar-refractivity contribution >= 4 is 76.0 Å². The lowest BCUT2D eigenvalue weighted by Crippen LogP contribution is -2.71. The molecule has 2 unspecified atom stereocenters. The number of thioether (sulfide) groups is 2. The molecule has 1 saturated heterocycles. The number of carbonyl (C=O) groups is 4. The fourth-order valence-corrected chi connectivity index (χ4v) is 7.19. The Labute approximate surface area is 247 Å². The summed E-state index contributed by atoms with van der Waals surface area (Å²) in [6.07, 6.45) is 10.8. The van der Waals surface area contributed by atoms with Gasteiger partial charge < -0.3 is 20.6 Å². The molecule has 2 aliphatic heterocycles. The van der Waals surface area contributed by atoms with Crippen molar-refractivity contribution in [3.05, 3.63) is 70.0 Å². The number of carboxylic acids is 1. The Morgan fingerprint density at radius 1 is 1.37 bits per heavy atom. The van der Waals surface area contributed by atoms with E-state index in [9.17, 15) is 24.3 Å². The van der Waals surface area contributed by atoms with Crippen molar-refractivity contribution in [1.82, 2.24) is 20.2 Å². The summed E-state index contributed by atoms with van der Waals surface area (Å²) in [4.78, 5) is 64.5. The van der Waals surface area contributed by atoms with E-state index in [0.717, 1.165) is 23.3 Å². The van der Waals surface area contributed by atoms with Crippen LogP contribution in [0.25, 0.3) is 6.08 Å². The third-order valence-corrected chi connectivity index (χ3v) is 9.18. The zero-order chi connectivity index (χ0) is 28.8. The van der Waals surface area contributed by atoms with Gasteiger partial charge in [0.2, 0.25) is 6.41 Å². The SMILES string of the molecule is O=CNc1nc(/C(=N/OC2C=CCC2)C(=O)NC2C(=O)N3C(C(=O)O)=C(CS/C=C\c4cccnc4)CS[C@H]23)cs1. The summed E-state index contributed by atoms with van der Waals surface area (Å²) in [5, 5.41) is 22.2. The molecule has 41 heavy (non-hydrogen) atoms. The number of pyridine rings is 1. The summed E-state index contributed by atoms with van der Waals surface area (Å²) < 4.78 is 0. The minimum atomic E-state index is -1.20. The Bertz CT molecular complexity index is 1460. The average molecular weight is 613 g/mol. The predicted octanol–water partition coefficient (Wildman–Crippen LogP) is 2.69. The number of β-lactam (4-membered cyclic amide) rings is 1. The molecule has 4 heterocycles. The Kier molecular flexibility index (Phi) is 9.16. The number of fused-ring (bicyclic) bond motifs is 1. The fourth-order valence-electron chi connectivity index (χ4n) is 4.27. The number of carbonyl (C=O) groups excluding carboxylic acids is 3. The maximum absolute atomic E-state index is 13.3. The second-order valence-corrected chi connectivity index (χ2v) is 11.8. The molecule has 1 aliphatic carbocycles. The first-order valence-corrected chi connectivity index (χ1v) is 15.4. The highest BCUT2D eigenvalue weighted by molar-refractivity contribution is 8.02. The van der Waals surface area contributed by atoms with Gasteiger partial charge in [-0.05, 0) is 47.6 Å². The van der Waals surface area contributed by atoms with Crippen LogP contribution in [0, 0.1) is 0 Å². The van der Waals surface area contributed by atoms with Crippen LogP contribution in [0.2, 0.25) is 0 Å². The van der Waals surface area contributed by atoms with E-state index in [-0.39, 0.29) is 28.3 Å². The number of hydrogen-bond acceptors (Lipinski definition) is 11. The van der Waals surface area contributed by atoms with Gasteiger partial charge >= 0.3 is 5.97 Å². The van der Waals surface area contributed by atoms with Crippen LogP contribution in [0.4, 0.5) is 5.13 Å². The second-order valence-electron chi connectivity index (χ2n) is 8.91. The summed E-state index contributed by atoms with van der Waals surface area (Å²) in [6.45, 7) is 0. The maximum Gasteiger partial charge on any atom is 0.352 e. The Balaban J connectivity index is 1.28. The van der Waals surface area contributed by atoms with Crippen LogP contribution >= 0.6 is 34.9 Å².